The van der Waals surface area contributed by atoms with E-state index in [9.17, 15) is 28.0 Å². The summed E-state index contributed by atoms with van der Waals surface area (Å²) in [6.45, 7) is 4.49. The Balaban J connectivity index is 3.98. The largest absolute Gasteiger partial charge is 0.391 e. The Morgan fingerprint density at radius 2 is 0.894 bits per heavy atom. The minimum Gasteiger partial charge on any atom is -0.391 e. The van der Waals surface area contributed by atoms with E-state index < -0.39 is 40.0 Å². The number of rotatable bonds is 36. The van der Waals surface area contributed by atoms with E-state index in [4.69, 9.17) is 0 Å². The van der Waals surface area contributed by atoms with Crippen LogP contribution in [0.2, 0.25) is 0 Å². The predicted octanol–water partition coefficient (Wildman–Crippen LogP) is 10.4. The van der Waals surface area contributed by atoms with Crippen LogP contribution in [-0.2, 0) is 14.9 Å². The number of aliphatic hydroxyl groups excluding tert-OH is 2. The molecular formula is C39H77NO6S. The Kier molecular flexibility index (Phi) is 32.8. The van der Waals surface area contributed by atoms with E-state index in [1.54, 1.807) is 0 Å². The number of unbranched alkanes of at least 4 members (excludes halogenated alkanes) is 25. The molecule has 8 heteroatoms. The highest BCUT2D eigenvalue weighted by Crippen LogP contribution is 2.16. The molecular weight excluding hydrogens is 610 g/mol. The van der Waals surface area contributed by atoms with E-state index in [0.717, 1.165) is 44.9 Å². The first-order valence-electron chi connectivity index (χ1n) is 20.0. The fourth-order valence-electron chi connectivity index (χ4n) is 6.22. The number of carbonyl (C=O) groups excluding carboxylic acids is 1. The molecule has 0 aliphatic rings. The van der Waals surface area contributed by atoms with Crippen LogP contribution in [0.5, 0.6) is 0 Å². The Morgan fingerprint density at radius 3 is 1.28 bits per heavy atom. The van der Waals surface area contributed by atoms with Gasteiger partial charge in [0.25, 0.3) is 10.1 Å². The van der Waals surface area contributed by atoms with Crippen LogP contribution in [0, 0.1) is 0 Å². The van der Waals surface area contributed by atoms with Crippen LogP contribution in [-0.4, -0.2) is 53.1 Å². The summed E-state index contributed by atoms with van der Waals surface area (Å²) in [6.07, 6.45) is 36.6. The molecule has 4 N–H and O–H groups in total. The van der Waals surface area contributed by atoms with Crippen LogP contribution >= 0.6 is 0 Å². The van der Waals surface area contributed by atoms with Crippen molar-refractivity contribution in [2.45, 2.75) is 225 Å². The maximum absolute atomic E-state index is 12.6. The molecule has 0 aliphatic carbocycles. The van der Waals surface area contributed by atoms with E-state index in [0.29, 0.717) is 25.7 Å². The molecule has 3 atom stereocenters. The third kappa shape index (κ3) is 33.3. The number of nitrogens with one attached hydrogen (secondary N) is 1. The molecule has 0 saturated carbocycles. The van der Waals surface area contributed by atoms with Crippen molar-refractivity contribution >= 4 is 16.0 Å². The summed E-state index contributed by atoms with van der Waals surface area (Å²) < 4.78 is 32.5. The Hall–Kier alpha value is -0.960. The number of carbonyl (C=O) groups is 1. The monoisotopic (exact) mass is 688 g/mol. The van der Waals surface area contributed by atoms with Gasteiger partial charge in [-0.05, 0) is 38.5 Å². The molecule has 0 heterocycles. The SMILES string of the molecule is CCCCCCCCCC/C=C\CCCCCCCCC(O)C(=O)NC(CS(=O)(=O)O)C(O)CCCCCCCCCCCCCC. The minimum absolute atomic E-state index is 0.292. The van der Waals surface area contributed by atoms with Gasteiger partial charge in [0.15, 0.2) is 0 Å². The second kappa shape index (κ2) is 33.5. The fourth-order valence-corrected chi connectivity index (χ4v) is 6.98. The molecule has 3 unspecified atom stereocenters. The molecule has 0 saturated heterocycles. The van der Waals surface area contributed by atoms with Crippen molar-refractivity contribution in [3.8, 4) is 0 Å². The van der Waals surface area contributed by atoms with Crippen molar-refractivity contribution in [3.05, 3.63) is 12.2 Å². The van der Waals surface area contributed by atoms with Crippen LogP contribution in [0.3, 0.4) is 0 Å². The minimum atomic E-state index is -4.40. The van der Waals surface area contributed by atoms with Crippen molar-refractivity contribution in [1.29, 1.82) is 0 Å². The lowest BCUT2D eigenvalue weighted by Crippen LogP contribution is -2.50. The number of allylic oxidation sites excluding steroid dienone is 2. The zero-order valence-electron chi connectivity index (χ0n) is 30.8. The van der Waals surface area contributed by atoms with E-state index in [1.807, 2.05) is 0 Å². The molecule has 0 aliphatic heterocycles. The van der Waals surface area contributed by atoms with Gasteiger partial charge in [-0.2, -0.15) is 8.42 Å². The quantitative estimate of drug-likeness (QED) is 0.0295. The van der Waals surface area contributed by atoms with Gasteiger partial charge < -0.3 is 15.5 Å². The first kappa shape index (κ1) is 46.0. The molecule has 0 rings (SSSR count). The maximum atomic E-state index is 12.6. The van der Waals surface area contributed by atoms with Gasteiger partial charge in [0.2, 0.25) is 5.91 Å². The summed E-state index contributed by atoms with van der Waals surface area (Å²) in [7, 11) is -4.40. The van der Waals surface area contributed by atoms with E-state index in [1.165, 1.54) is 122 Å². The molecule has 0 aromatic heterocycles. The van der Waals surface area contributed by atoms with Crippen molar-refractivity contribution in [3.63, 3.8) is 0 Å². The van der Waals surface area contributed by atoms with Gasteiger partial charge >= 0.3 is 0 Å². The van der Waals surface area contributed by atoms with Crippen LogP contribution in [0.4, 0.5) is 0 Å². The number of hydrogen-bond acceptors (Lipinski definition) is 5. The van der Waals surface area contributed by atoms with Crippen LogP contribution in [0.15, 0.2) is 12.2 Å². The number of amides is 1. The molecule has 280 valence electrons. The second-order valence-electron chi connectivity index (χ2n) is 14.1. The first-order chi connectivity index (χ1) is 22.7. The van der Waals surface area contributed by atoms with Crippen LogP contribution in [0.25, 0.3) is 0 Å². The Labute approximate surface area is 291 Å². The molecule has 7 nitrogen and oxygen atoms in total. The van der Waals surface area contributed by atoms with Gasteiger partial charge in [-0.25, -0.2) is 0 Å². The lowest BCUT2D eigenvalue weighted by atomic mass is 10.0. The van der Waals surface area contributed by atoms with Gasteiger partial charge in [0, 0.05) is 0 Å². The predicted molar refractivity (Wildman–Crippen MR) is 199 cm³/mol. The molecule has 0 radical (unpaired) electrons. The van der Waals surface area contributed by atoms with Gasteiger partial charge in [-0.3, -0.25) is 9.35 Å². The zero-order chi connectivity index (χ0) is 34.9. The van der Waals surface area contributed by atoms with Crippen LogP contribution < -0.4 is 5.32 Å². The van der Waals surface area contributed by atoms with E-state index in [-0.39, 0.29) is 0 Å². The summed E-state index contributed by atoms with van der Waals surface area (Å²) in [5.41, 5.74) is 0. The van der Waals surface area contributed by atoms with Gasteiger partial charge in [0.1, 0.15) is 6.10 Å². The summed E-state index contributed by atoms with van der Waals surface area (Å²) >= 11 is 0. The first-order valence-corrected chi connectivity index (χ1v) is 21.6. The molecule has 0 fully saturated rings. The van der Waals surface area contributed by atoms with E-state index in [2.05, 4.69) is 31.3 Å². The highest BCUT2D eigenvalue weighted by molar-refractivity contribution is 7.85. The zero-order valence-corrected chi connectivity index (χ0v) is 31.6. The van der Waals surface area contributed by atoms with Gasteiger partial charge in [-0.1, -0.05) is 180 Å². The Bertz CT molecular complexity index is 818. The third-order valence-corrected chi connectivity index (χ3v) is 10.1. The highest BCUT2D eigenvalue weighted by atomic mass is 32.2. The number of aliphatic hydroxyl groups is 2. The average molecular weight is 688 g/mol. The third-order valence-electron chi connectivity index (χ3n) is 9.33. The molecule has 0 aromatic rings. The van der Waals surface area contributed by atoms with Crippen molar-refractivity contribution in [1.82, 2.24) is 5.32 Å². The summed E-state index contributed by atoms with van der Waals surface area (Å²) in [4.78, 5) is 12.6. The standard InChI is InChI=1S/C39H77NO6S/c1-3-5-7-9-11-13-15-17-18-19-20-21-22-24-26-28-30-32-34-38(42)39(43)40-36(35-47(44,45)46)37(41)33-31-29-27-25-23-16-14-12-10-8-6-4-2/h19-20,36-38,41-42H,3-18,21-35H2,1-2H3,(H,40,43)(H,44,45,46)/b20-19-. The molecule has 47 heavy (non-hydrogen) atoms. The van der Waals surface area contributed by atoms with Crippen LogP contribution in [0.1, 0.15) is 206 Å². The molecule has 0 bridgehead atoms. The second-order valence-corrected chi connectivity index (χ2v) is 15.6. The van der Waals surface area contributed by atoms with Gasteiger partial charge in [-0.15, -0.1) is 0 Å². The van der Waals surface area contributed by atoms with Crippen molar-refractivity contribution in [2.24, 2.45) is 0 Å². The van der Waals surface area contributed by atoms with E-state index >= 15 is 0 Å². The van der Waals surface area contributed by atoms with Gasteiger partial charge in [0.05, 0.1) is 17.9 Å². The summed E-state index contributed by atoms with van der Waals surface area (Å²) in [5.74, 6) is -1.45. The molecule has 0 spiro atoms. The van der Waals surface area contributed by atoms with Crippen molar-refractivity contribution < 1.29 is 28.0 Å². The lowest BCUT2D eigenvalue weighted by molar-refractivity contribution is -0.131. The molecule has 1 amide bonds. The summed E-state index contributed by atoms with van der Waals surface area (Å²) in [5, 5.41) is 23.5. The average Bonchev–Trinajstić information content (AvgIpc) is 3.03. The molecule has 0 aromatic carbocycles. The van der Waals surface area contributed by atoms with Crippen molar-refractivity contribution in [2.75, 3.05) is 5.75 Å². The highest BCUT2D eigenvalue weighted by Gasteiger charge is 2.28. The lowest BCUT2D eigenvalue weighted by Gasteiger charge is -2.24. The summed E-state index contributed by atoms with van der Waals surface area (Å²) in [6, 6.07) is -1.14. The maximum Gasteiger partial charge on any atom is 0.266 e. The Morgan fingerprint density at radius 1 is 0.553 bits per heavy atom. The normalized spacial score (nSPS) is 14.1. The topological polar surface area (TPSA) is 124 Å². The smallest absolute Gasteiger partial charge is 0.266 e. The fraction of sp³-hybridized carbons (Fsp3) is 0.923. The number of hydrogen-bond donors (Lipinski definition) is 4.